The van der Waals surface area contributed by atoms with Crippen LogP contribution in [0.5, 0.6) is 5.75 Å². The Labute approximate surface area is 176 Å². The number of rotatable bonds is 7. The molecule has 0 atom stereocenters. The standard InChI is InChI=1S/C25H25ClN2O/c1-18-9-7-14-24(19(18)2)29-16-6-5-15-28-23-13-4-3-12-22(23)27-25(28)20-10-8-11-21(26)17-20/h3-4,7-14,17H,5-6,15-16H2,1-2H3. The van der Waals surface area contributed by atoms with Crippen LogP contribution in [0.4, 0.5) is 0 Å². The van der Waals surface area contributed by atoms with Crippen molar-refractivity contribution in [2.45, 2.75) is 33.2 Å². The summed E-state index contributed by atoms with van der Waals surface area (Å²) in [4.78, 5) is 4.86. The number of hydrogen-bond donors (Lipinski definition) is 0. The number of hydrogen-bond acceptors (Lipinski definition) is 2. The van der Waals surface area contributed by atoms with E-state index in [1.807, 2.05) is 36.4 Å². The third kappa shape index (κ3) is 4.30. The van der Waals surface area contributed by atoms with Crippen molar-refractivity contribution in [3.8, 4) is 17.1 Å². The molecule has 3 aromatic carbocycles. The minimum absolute atomic E-state index is 0.712. The summed E-state index contributed by atoms with van der Waals surface area (Å²) in [6, 6.07) is 22.4. The summed E-state index contributed by atoms with van der Waals surface area (Å²) in [5, 5.41) is 0.725. The zero-order valence-electron chi connectivity index (χ0n) is 16.9. The van der Waals surface area contributed by atoms with Gasteiger partial charge in [-0.25, -0.2) is 4.98 Å². The normalized spacial score (nSPS) is 11.1. The van der Waals surface area contributed by atoms with E-state index in [4.69, 9.17) is 21.3 Å². The smallest absolute Gasteiger partial charge is 0.141 e. The summed E-state index contributed by atoms with van der Waals surface area (Å²) >= 11 is 6.22. The average molecular weight is 405 g/mol. The van der Waals surface area contributed by atoms with Crippen LogP contribution in [0.3, 0.4) is 0 Å². The van der Waals surface area contributed by atoms with Gasteiger partial charge in [0, 0.05) is 17.1 Å². The van der Waals surface area contributed by atoms with Crippen molar-refractivity contribution in [2.75, 3.05) is 6.61 Å². The molecule has 0 aliphatic rings. The van der Waals surface area contributed by atoms with Crippen LogP contribution in [0.2, 0.25) is 5.02 Å². The van der Waals surface area contributed by atoms with Crippen LogP contribution in [-0.2, 0) is 6.54 Å². The molecule has 0 aliphatic heterocycles. The van der Waals surface area contributed by atoms with E-state index in [9.17, 15) is 0 Å². The van der Waals surface area contributed by atoms with Gasteiger partial charge in [-0.2, -0.15) is 0 Å². The van der Waals surface area contributed by atoms with Crippen molar-refractivity contribution in [3.63, 3.8) is 0 Å². The number of unbranched alkanes of at least 4 members (excludes halogenated alkanes) is 1. The highest BCUT2D eigenvalue weighted by Crippen LogP contribution is 2.27. The number of ether oxygens (including phenoxy) is 1. The molecule has 0 aliphatic carbocycles. The number of aryl methyl sites for hydroxylation is 2. The molecule has 29 heavy (non-hydrogen) atoms. The average Bonchev–Trinajstić information content (AvgIpc) is 3.09. The first kappa shape index (κ1) is 19.5. The number of nitrogens with zero attached hydrogens (tertiary/aromatic N) is 2. The van der Waals surface area contributed by atoms with Crippen LogP contribution in [0, 0.1) is 13.8 Å². The lowest BCUT2D eigenvalue weighted by Crippen LogP contribution is -2.04. The fourth-order valence-corrected chi connectivity index (χ4v) is 3.77. The number of fused-ring (bicyclic) bond motifs is 1. The fraction of sp³-hybridized carbons (Fsp3) is 0.240. The maximum atomic E-state index is 6.22. The molecular formula is C25H25ClN2O. The number of para-hydroxylation sites is 2. The van der Waals surface area contributed by atoms with E-state index < -0.39 is 0 Å². The second-order valence-electron chi connectivity index (χ2n) is 7.34. The molecule has 1 aromatic heterocycles. The first-order valence-corrected chi connectivity index (χ1v) is 10.4. The number of aromatic nitrogens is 2. The Hall–Kier alpha value is -2.78. The lowest BCUT2D eigenvalue weighted by molar-refractivity contribution is 0.301. The van der Waals surface area contributed by atoms with E-state index in [0.717, 1.165) is 52.6 Å². The molecule has 4 rings (SSSR count). The van der Waals surface area contributed by atoms with Gasteiger partial charge in [0.2, 0.25) is 0 Å². The minimum atomic E-state index is 0.712. The quantitative estimate of drug-likeness (QED) is 0.315. The lowest BCUT2D eigenvalue weighted by Gasteiger charge is -2.12. The van der Waals surface area contributed by atoms with Gasteiger partial charge >= 0.3 is 0 Å². The van der Waals surface area contributed by atoms with Gasteiger partial charge in [0.15, 0.2) is 0 Å². The van der Waals surface area contributed by atoms with Crippen LogP contribution in [-0.4, -0.2) is 16.2 Å². The number of benzene rings is 3. The topological polar surface area (TPSA) is 27.1 Å². The van der Waals surface area contributed by atoms with E-state index in [2.05, 4.69) is 48.7 Å². The second-order valence-corrected chi connectivity index (χ2v) is 7.78. The van der Waals surface area contributed by atoms with Gasteiger partial charge in [-0.15, -0.1) is 0 Å². The van der Waals surface area contributed by atoms with Crippen molar-refractivity contribution in [1.29, 1.82) is 0 Å². The molecule has 4 heteroatoms. The molecule has 4 aromatic rings. The summed E-state index contributed by atoms with van der Waals surface area (Å²) < 4.78 is 8.30. The molecular weight excluding hydrogens is 380 g/mol. The maximum Gasteiger partial charge on any atom is 0.141 e. The van der Waals surface area contributed by atoms with Crippen LogP contribution in [0.15, 0.2) is 66.7 Å². The van der Waals surface area contributed by atoms with E-state index in [0.29, 0.717) is 6.61 Å². The molecule has 0 amide bonds. The second kappa shape index (κ2) is 8.71. The molecule has 0 radical (unpaired) electrons. The first-order chi connectivity index (χ1) is 14.1. The monoisotopic (exact) mass is 404 g/mol. The zero-order valence-corrected chi connectivity index (χ0v) is 17.6. The van der Waals surface area contributed by atoms with Gasteiger partial charge in [-0.1, -0.05) is 48.0 Å². The highest BCUT2D eigenvalue weighted by Gasteiger charge is 2.12. The van der Waals surface area contributed by atoms with Crippen molar-refractivity contribution >= 4 is 22.6 Å². The summed E-state index contributed by atoms with van der Waals surface area (Å²) in [6.07, 6.45) is 1.99. The summed E-state index contributed by atoms with van der Waals surface area (Å²) in [6.45, 7) is 5.82. The van der Waals surface area contributed by atoms with E-state index in [1.54, 1.807) is 0 Å². The minimum Gasteiger partial charge on any atom is -0.493 e. The third-order valence-electron chi connectivity index (χ3n) is 5.33. The van der Waals surface area contributed by atoms with E-state index in [-0.39, 0.29) is 0 Å². The van der Waals surface area contributed by atoms with Crippen molar-refractivity contribution in [1.82, 2.24) is 9.55 Å². The van der Waals surface area contributed by atoms with Crippen LogP contribution in [0.25, 0.3) is 22.4 Å². The molecule has 0 bridgehead atoms. The number of imidazole rings is 1. The van der Waals surface area contributed by atoms with Gasteiger partial charge in [-0.3, -0.25) is 0 Å². The highest BCUT2D eigenvalue weighted by atomic mass is 35.5. The van der Waals surface area contributed by atoms with E-state index >= 15 is 0 Å². The Bertz CT molecular complexity index is 1130. The molecule has 0 fully saturated rings. The molecule has 3 nitrogen and oxygen atoms in total. The van der Waals surface area contributed by atoms with Crippen molar-refractivity contribution < 1.29 is 4.74 Å². The van der Waals surface area contributed by atoms with Gasteiger partial charge in [0.1, 0.15) is 11.6 Å². The third-order valence-corrected chi connectivity index (χ3v) is 5.56. The Morgan fingerprint density at radius 3 is 2.62 bits per heavy atom. The van der Waals surface area contributed by atoms with Crippen LogP contribution >= 0.6 is 11.6 Å². The maximum absolute atomic E-state index is 6.22. The SMILES string of the molecule is Cc1cccc(OCCCCn2c(-c3cccc(Cl)c3)nc3ccccc32)c1C. The molecule has 148 valence electrons. The fourth-order valence-electron chi connectivity index (χ4n) is 3.58. The molecule has 0 spiro atoms. The summed E-state index contributed by atoms with van der Waals surface area (Å²) in [5.74, 6) is 1.95. The molecule has 1 heterocycles. The van der Waals surface area contributed by atoms with Crippen molar-refractivity contribution in [2.24, 2.45) is 0 Å². The van der Waals surface area contributed by atoms with E-state index in [1.165, 1.54) is 11.1 Å². The molecule has 0 unspecified atom stereocenters. The predicted molar refractivity (Wildman–Crippen MR) is 121 cm³/mol. The highest BCUT2D eigenvalue weighted by molar-refractivity contribution is 6.30. The molecule has 0 saturated heterocycles. The van der Waals surface area contributed by atoms with Gasteiger partial charge in [0.05, 0.1) is 17.6 Å². The molecule has 0 N–H and O–H groups in total. The van der Waals surface area contributed by atoms with Crippen LogP contribution < -0.4 is 4.74 Å². The Morgan fingerprint density at radius 1 is 0.931 bits per heavy atom. The van der Waals surface area contributed by atoms with Crippen molar-refractivity contribution in [3.05, 3.63) is 82.9 Å². The Kier molecular flexibility index (Phi) is 5.86. The zero-order chi connectivity index (χ0) is 20.2. The van der Waals surface area contributed by atoms with Gasteiger partial charge < -0.3 is 9.30 Å². The lowest BCUT2D eigenvalue weighted by atomic mass is 10.1. The Balaban J connectivity index is 1.47. The predicted octanol–water partition coefficient (Wildman–Crippen LogP) is 6.83. The summed E-state index contributed by atoms with van der Waals surface area (Å²) in [5.41, 5.74) is 5.68. The molecule has 0 saturated carbocycles. The largest absolute Gasteiger partial charge is 0.493 e. The van der Waals surface area contributed by atoms with Gasteiger partial charge in [0.25, 0.3) is 0 Å². The number of halogens is 1. The first-order valence-electron chi connectivity index (χ1n) is 10.0. The Morgan fingerprint density at radius 2 is 1.76 bits per heavy atom. The summed E-state index contributed by atoms with van der Waals surface area (Å²) in [7, 11) is 0. The van der Waals surface area contributed by atoms with Crippen LogP contribution in [0.1, 0.15) is 24.0 Å². The van der Waals surface area contributed by atoms with Gasteiger partial charge in [-0.05, 0) is 68.1 Å².